The highest BCUT2D eigenvalue weighted by Crippen LogP contribution is 2.30. The van der Waals surface area contributed by atoms with Gasteiger partial charge in [0.2, 0.25) is 11.7 Å². The van der Waals surface area contributed by atoms with E-state index in [0.717, 1.165) is 5.32 Å². The number of nitriles is 1. The van der Waals surface area contributed by atoms with Crippen molar-refractivity contribution in [3.05, 3.63) is 95.3 Å². The molecular weight excluding hydrogens is 681 g/mol. The first-order valence-electron chi connectivity index (χ1n) is 15.4. The van der Waals surface area contributed by atoms with E-state index in [2.05, 4.69) is 15.6 Å². The van der Waals surface area contributed by atoms with Gasteiger partial charge in [0, 0.05) is 25.0 Å². The van der Waals surface area contributed by atoms with Gasteiger partial charge in [0.15, 0.2) is 5.78 Å². The zero-order valence-corrected chi connectivity index (χ0v) is 27.6. The van der Waals surface area contributed by atoms with Crippen molar-refractivity contribution in [3.8, 4) is 11.8 Å². The summed E-state index contributed by atoms with van der Waals surface area (Å²) in [6.07, 6.45) is -4.80. The number of ether oxygens (including phenoxy) is 1. The van der Waals surface area contributed by atoms with Crippen molar-refractivity contribution in [3.63, 3.8) is 0 Å². The third-order valence-electron chi connectivity index (χ3n) is 7.68. The first-order chi connectivity index (χ1) is 24.0. The van der Waals surface area contributed by atoms with E-state index < -0.39 is 78.3 Å². The fourth-order valence-electron chi connectivity index (χ4n) is 4.93. The molecule has 0 aliphatic heterocycles. The van der Waals surface area contributed by atoms with Gasteiger partial charge in [-0.2, -0.15) is 27.2 Å². The second kappa shape index (κ2) is 17.3. The van der Waals surface area contributed by atoms with Crippen molar-refractivity contribution in [1.82, 2.24) is 20.9 Å². The summed E-state index contributed by atoms with van der Waals surface area (Å²) in [7, 11) is 1.37. The average molecular weight is 716 g/mol. The Hall–Kier alpha value is -5.72. The SMILES string of the molecule is COc1ccc([C@H](NC(=O)[C@H](Cc2cccc(C#N)c2)NC(=O)c2ccccn2)C(=O)C[C@H](C(=O)C(F)(F)C(=O)NCC(F)(F)F)C(C)C)cc1. The maximum Gasteiger partial charge on any atom is 0.405 e. The van der Waals surface area contributed by atoms with Gasteiger partial charge in [-0.1, -0.05) is 44.2 Å². The minimum absolute atomic E-state index is 0.0395. The molecule has 0 aliphatic carbocycles. The minimum atomic E-state index is -5.03. The van der Waals surface area contributed by atoms with Crippen molar-refractivity contribution >= 4 is 29.3 Å². The van der Waals surface area contributed by atoms with E-state index in [1.165, 1.54) is 69.6 Å². The Morgan fingerprint density at radius 3 is 2.18 bits per heavy atom. The lowest BCUT2D eigenvalue weighted by atomic mass is 9.82. The monoisotopic (exact) mass is 715 g/mol. The van der Waals surface area contributed by atoms with Crippen LogP contribution in [0.25, 0.3) is 0 Å². The van der Waals surface area contributed by atoms with Crippen LogP contribution in [-0.2, 0) is 25.6 Å². The molecule has 0 bridgehead atoms. The number of hydrogen-bond donors (Lipinski definition) is 3. The van der Waals surface area contributed by atoms with E-state index >= 15 is 0 Å². The molecule has 270 valence electrons. The number of pyridine rings is 1. The van der Waals surface area contributed by atoms with Crippen LogP contribution in [-0.4, -0.2) is 66.1 Å². The molecule has 3 atom stereocenters. The predicted octanol–water partition coefficient (Wildman–Crippen LogP) is 4.27. The summed E-state index contributed by atoms with van der Waals surface area (Å²) in [4.78, 5) is 69.8. The Bertz CT molecular complexity index is 1760. The number of benzene rings is 2. The molecule has 3 rings (SSSR count). The Morgan fingerprint density at radius 2 is 1.61 bits per heavy atom. The molecule has 1 heterocycles. The molecular formula is C35H34F5N5O6. The van der Waals surface area contributed by atoms with Crippen LogP contribution >= 0.6 is 0 Å². The van der Waals surface area contributed by atoms with Gasteiger partial charge in [-0.15, -0.1) is 0 Å². The summed E-state index contributed by atoms with van der Waals surface area (Å²) in [5.41, 5.74) is 0.809. The largest absolute Gasteiger partial charge is 0.497 e. The van der Waals surface area contributed by atoms with Gasteiger partial charge in [-0.05, 0) is 53.4 Å². The highest BCUT2D eigenvalue weighted by atomic mass is 19.4. The Labute approximate surface area is 289 Å². The quantitative estimate of drug-likeness (QED) is 0.146. The predicted molar refractivity (Wildman–Crippen MR) is 171 cm³/mol. The molecule has 0 unspecified atom stereocenters. The summed E-state index contributed by atoms with van der Waals surface area (Å²) in [5, 5.41) is 15.4. The van der Waals surface area contributed by atoms with Gasteiger partial charge in [0.05, 0.1) is 18.7 Å². The Balaban J connectivity index is 1.97. The normalized spacial score (nSPS) is 13.3. The molecule has 3 aromatic rings. The molecule has 1 aromatic heterocycles. The smallest absolute Gasteiger partial charge is 0.405 e. The van der Waals surface area contributed by atoms with E-state index in [-0.39, 0.29) is 23.2 Å². The van der Waals surface area contributed by atoms with Crippen LogP contribution in [0.5, 0.6) is 5.75 Å². The molecule has 16 heteroatoms. The number of ketones is 2. The van der Waals surface area contributed by atoms with E-state index in [1.54, 1.807) is 24.3 Å². The summed E-state index contributed by atoms with van der Waals surface area (Å²) in [6, 6.07) is 15.3. The van der Waals surface area contributed by atoms with Gasteiger partial charge < -0.3 is 20.7 Å². The molecule has 2 aromatic carbocycles. The van der Waals surface area contributed by atoms with Crippen LogP contribution < -0.4 is 20.7 Å². The van der Waals surface area contributed by atoms with Crippen molar-refractivity contribution in [2.45, 2.75) is 50.9 Å². The number of rotatable bonds is 16. The molecule has 0 radical (unpaired) electrons. The van der Waals surface area contributed by atoms with Crippen LogP contribution in [0.3, 0.4) is 0 Å². The third kappa shape index (κ3) is 11.1. The van der Waals surface area contributed by atoms with Crippen molar-refractivity contribution < 1.29 is 50.7 Å². The Morgan fingerprint density at radius 1 is 0.922 bits per heavy atom. The maximum atomic E-state index is 14.9. The van der Waals surface area contributed by atoms with Gasteiger partial charge in [-0.25, -0.2) is 0 Å². The van der Waals surface area contributed by atoms with Crippen LogP contribution in [0.1, 0.15) is 53.5 Å². The van der Waals surface area contributed by atoms with Crippen molar-refractivity contribution in [2.75, 3.05) is 13.7 Å². The van der Waals surface area contributed by atoms with Crippen LogP contribution in [0, 0.1) is 23.2 Å². The number of aromatic nitrogens is 1. The molecule has 0 aliphatic rings. The Kier molecular flexibility index (Phi) is 13.5. The molecule has 3 amide bonds. The second-order valence-corrected chi connectivity index (χ2v) is 11.7. The zero-order chi connectivity index (χ0) is 37.9. The van der Waals surface area contributed by atoms with Gasteiger partial charge in [-0.3, -0.25) is 29.0 Å². The standard InChI is InChI=1S/C35H34F5N5O6/c1-20(2)25(30(47)35(39,40)33(50)43-19-34(36,37)38)17-28(46)29(23-10-12-24(51-3)13-11-23)45-32(49)27(16-21-7-6-8-22(15-21)18-41)44-31(48)26-9-4-5-14-42-26/h4-15,20,25,27,29H,16-17,19H2,1-3H3,(H,43,50)(H,44,48)(H,45,49)/t25-,27-,29-/m0/s1. The number of alkyl halides is 5. The van der Waals surface area contributed by atoms with E-state index in [4.69, 9.17) is 4.74 Å². The molecule has 0 saturated carbocycles. The lowest BCUT2D eigenvalue weighted by Crippen LogP contribution is -2.52. The lowest BCUT2D eigenvalue weighted by Gasteiger charge is -2.27. The van der Waals surface area contributed by atoms with Gasteiger partial charge in [0.1, 0.15) is 30.1 Å². The molecule has 0 fully saturated rings. The summed E-state index contributed by atoms with van der Waals surface area (Å²) >= 11 is 0. The van der Waals surface area contributed by atoms with E-state index in [9.17, 15) is 51.2 Å². The molecule has 3 N–H and O–H groups in total. The van der Waals surface area contributed by atoms with Gasteiger partial charge in [0.25, 0.3) is 11.8 Å². The highest BCUT2D eigenvalue weighted by Gasteiger charge is 2.52. The average Bonchev–Trinajstić information content (AvgIpc) is 3.10. The third-order valence-corrected chi connectivity index (χ3v) is 7.68. The number of carbonyl (C=O) groups is 5. The number of Topliss-reactive ketones (excluding diaryl/α,β-unsaturated/α-hetero) is 2. The van der Waals surface area contributed by atoms with E-state index in [1.807, 2.05) is 6.07 Å². The first-order valence-corrected chi connectivity index (χ1v) is 15.4. The minimum Gasteiger partial charge on any atom is -0.497 e. The summed E-state index contributed by atoms with van der Waals surface area (Å²) in [6.45, 7) is 0.502. The number of amides is 3. The van der Waals surface area contributed by atoms with Crippen LogP contribution in [0.2, 0.25) is 0 Å². The van der Waals surface area contributed by atoms with Crippen LogP contribution in [0.4, 0.5) is 22.0 Å². The maximum absolute atomic E-state index is 14.9. The number of nitrogens with zero attached hydrogens (tertiary/aromatic N) is 2. The number of methoxy groups -OCH3 is 1. The fourth-order valence-corrected chi connectivity index (χ4v) is 4.93. The molecule has 51 heavy (non-hydrogen) atoms. The zero-order valence-electron chi connectivity index (χ0n) is 27.6. The number of carbonyl (C=O) groups excluding carboxylic acids is 5. The molecule has 11 nitrogen and oxygen atoms in total. The number of hydrogen-bond acceptors (Lipinski definition) is 8. The number of nitrogens with one attached hydrogen (secondary N) is 3. The van der Waals surface area contributed by atoms with Crippen LogP contribution in [0.15, 0.2) is 72.9 Å². The summed E-state index contributed by atoms with van der Waals surface area (Å²) < 4.78 is 72.6. The van der Waals surface area contributed by atoms with E-state index in [0.29, 0.717) is 11.3 Å². The fraction of sp³-hybridized carbons (Fsp3) is 0.343. The lowest BCUT2D eigenvalue weighted by molar-refractivity contribution is -0.167. The highest BCUT2D eigenvalue weighted by molar-refractivity contribution is 6.09. The first kappa shape index (κ1) is 39.7. The van der Waals surface area contributed by atoms with Crippen molar-refractivity contribution in [1.29, 1.82) is 5.26 Å². The summed E-state index contributed by atoms with van der Waals surface area (Å²) in [5.74, 6) is -14.6. The second-order valence-electron chi connectivity index (χ2n) is 11.7. The molecule has 0 spiro atoms. The molecule has 0 saturated heterocycles. The van der Waals surface area contributed by atoms with Crippen molar-refractivity contribution in [2.24, 2.45) is 11.8 Å². The topological polar surface area (TPSA) is 167 Å². The van der Waals surface area contributed by atoms with Gasteiger partial charge >= 0.3 is 12.1 Å². The number of halogens is 5.